The fourth-order valence-electron chi connectivity index (χ4n) is 2.39. The van der Waals surface area contributed by atoms with Crippen molar-refractivity contribution >= 4 is 15.7 Å². The summed E-state index contributed by atoms with van der Waals surface area (Å²) in [7, 11) is -3.12. The van der Waals surface area contributed by atoms with Crippen molar-refractivity contribution in [2.75, 3.05) is 37.3 Å². The monoisotopic (exact) mass is 299 g/mol. The van der Waals surface area contributed by atoms with Crippen LogP contribution in [0.4, 0.5) is 5.69 Å². The zero-order valence-corrected chi connectivity index (χ0v) is 12.6. The van der Waals surface area contributed by atoms with Gasteiger partial charge < -0.3 is 15.7 Å². The highest BCUT2D eigenvalue weighted by Gasteiger charge is 2.23. The summed E-state index contributed by atoms with van der Waals surface area (Å²) < 4.78 is 24.4. The van der Waals surface area contributed by atoms with Crippen LogP contribution in [0.1, 0.15) is 18.5 Å². The van der Waals surface area contributed by atoms with Crippen molar-refractivity contribution in [1.82, 2.24) is 4.31 Å². The van der Waals surface area contributed by atoms with E-state index < -0.39 is 10.0 Å². The van der Waals surface area contributed by atoms with Crippen molar-refractivity contribution in [2.45, 2.75) is 13.0 Å². The van der Waals surface area contributed by atoms with Gasteiger partial charge in [0, 0.05) is 49.5 Å². The van der Waals surface area contributed by atoms with Crippen LogP contribution < -0.4 is 10.6 Å². The molecule has 0 bridgehead atoms. The molecule has 0 amide bonds. The Morgan fingerprint density at radius 2 is 1.85 bits per heavy atom. The molecule has 1 heterocycles. The lowest BCUT2D eigenvalue weighted by atomic mass is 10.1. The fourth-order valence-corrected chi connectivity index (χ4v) is 3.22. The Bertz CT molecular complexity index is 579. The van der Waals surface area contributed by atoms with Crippen LogP contribution in [0.5, 0.6) is 5.75 Å². The fraction of sp³-hybridized carbons (Fsp3) is 0.538. The summed E-state index contributed by atoms with van der Waals surface area (Å²) in [6.45, 7) is 3.98. The highest BCUT2D eigenvalue weighted by atomic mass is 32.2. The number of hydrogen-bond donors (Lipinski definition) is 2. The van der Waals surface area contributed by atoms with Crippen molar-refractivity contribution < 1.29 is 13.5 Å². The van der Waals surface area contributed by atoms with Gasteiger partial charge in [-0.15, -0.1) is 0 Å². The molecule has 1 aliphatic heterocycles. The SMILES string of the molecule is CC(N)c1ccc(N2CCN(S(C)(=O)=O)CC2)cc1O. The average molecular weight is 299 g/mol. The van der Waals surface area contributed by atoms with Gasteiger partial charge in [-0.1, -0.05) is 6.07 Å². The number of rotatable bonds is 3. The summed E-state index contributed by atoms with van der Waals surface area (Å²) >= 11 is 0. The Morgan fingerprint density at radius 1 is 1.25 bits per heavy atom. The highest BCUT2D eigenvalue weighted by molar-refractivity contribution is 7.88. The maximum Gasteiger partial charge on any atom is 0.211 e. The van der Waals surface area contributed by atoms with Crippen LogP contribution >= 0.6 is 0 Å². The lowest BCUT2D eigenvalue weighted by Gasteiger charge is -2.34. The van der Waals surface area contributed by atoms with E-state index in [4.69, 9.17) is 5.73 Å². The Labute approximate surface area is 119 Å². The third-order valence-electron chi connectivity index (χ3n) is 3.58. The zero-order valence-electron chi connectivity index (χ0n) is 11.8. The second-order valence-electron chi connectivity index (χ2n) is 5.18. The van der Waals surface area contributed by atoms with Gasteiger partial charge in [0.25, 0.3) is 0 Å². The Balaban J connectivity index is 2.10. The first-order valence-corrected chi connectivity index (χ1v) is 8.42. The summed E-state index contributed by atoms with van der Waals surface area (Å²) in [6, 6.07) is 5.20. The summed E-state index contributed by atoms with van der Waals surface area (Å²) in [4.78, 5) is 2.06. The van der Waals surface area contributed by atoms with Crippen molar-refractivity contribution in [3.8, 4) is 5.75 Å². The molecule has 0 spiro atoms. The molecule has 2 rings (SSSR count). The highest BCUT2D eigenvalue weighted by Crippen LogP contribution is 2.28. The van der Waals surface area contributed by atoms with Gasteiger partial charge in [0.05, 0.1) is 6.26 Å². The van der Waals surface area contributed by atoms with Crippen LogP contribution in [0.2, 0.25) is 0 Å². The van der Waals surface area contributed by atoms with Gasteiger partial charge in [-0.05, 0) is 13.0 Å². The van der Waals surface area contributed by atoms with E-state index in [9.17, 15) is 13.5 Å². The number of benzene rings is 1. The normalized spacial score (nSPS) is 19.1. The second-order valence-corrected chi connectivity index (χ2v) is 7.16. The van der Waals surface area contributed by atoms with E-state index in [1.807, 2.05) is 19.1 Å². The minimum atomic E-state index is -3.12. The minimum absolute atomic E-state index is 0.183. The number of hydrogen-bond acceptors (Lipinski definition) is 5. The number of nitrogens with zero attached hydrogens (tertiary/aromatic N) is 2. The Kier molecular flexibility index (Phi) is 4.22. The van der Waals surface area contributed by atoms with Crippen molar-refractivity contribution in [2.24, 2.45) is 5.73 Å². The van der Waals surface area contributed by atoms with E-state index in [2.05, 4.69) is 4.90 Å². The summed E-state index contributed by atoms with van der Waals surface area (Å²) in [5.74, 6) is 0.183. The van der Waals surface area contributed by atoms with E-state index in [0.29, 0.717) is 31.7 Å². The zero-order chi connectivity index (χ0) is 14.9. The molecule has 0 radical (unpaired) electrons. The molecule has 1 aromatic carbocycles. The average Bonchev–Trinajstić information content (AvgIpc) is 2.37. The van der Waals surface area contributed by atoms with Crippen molar-refractivity contribution in [3.63, 3.8) is 0 Å². The molecule has 0 aromatic heterocycles. The number of aromatic hydroxyl groups is 1. The molecule has 3 N–H and O–H groups in total. The van der Waals surface area contributed by atoms with E-state index >= 15 is 0 Å². The van der Waals surface area contributed by atoms with E-state index in [1.54, 1.807) is 6.07 Å². The van der Waals surface area contributed by atoms with E-state index in [-0.39, 0.29) is 11.8 Å². The van der Waals surface area contributed by atoms with Gasteiger partial charge in [0.1, 0.15) is 5.75 Å². The maximum atomic E-state index is 11.5. The standard InChI is InChI=1S/C13H21N3O3S/c1-10(14)12-4-3-11(9-13(12)17)15-5-7-16(8-6-15)20(2,18)19/h3-4,9-10,17H,5-8,14H2,1-2H3. The Morgan fingerprint density at radius 3 is 2.30 bits per heavy atom. The number of nitrogens with two attached hydrogens (primary N) is 1. The molecule has 112 valence electrons. The van der Waals surface area contributed by atoms with Gasteiger partial charge >= 0.3 is 0 Å². The molecule has 1 aliphatic rings. The van der Waals surface area contributed by atoms with Crippen molar-refractivity contribution in [1.29, 1.82) is 0 Å². The first-order valence-electron chi connectivity index (χ1n) is 6.57. The van der Waals surface area contributed by atoms with Crippen LogP contribution in [-0.2, 0) is 10.0 Å². The molecular formula is C13H21N3O3S. The molecule has 1 aromatic rings. The predicted octanol–water partition coefficient (Wildman–Crippen LogP) is 0.494. The van der Waals surface area contributed by atoms with Gasteiger partial charge in [0.15, 0.2) is 0 Å². The van der Waals surface area contributed by atoms with Crippen LogP contribution in [0.25, 0.3) is 0 Å². The molecule has 1 atom stereocenters. The molecule has 0 aliphatic carbocycles. The molecule has 0 saturated carbocycles. The van der Waals surface area contributed by atoms with Gasteiger partial charge in [0.2, 0.25) is 10.0 Å². The minimum Gasteiger partial charge on any atom is -0.508 e. The molecule has 6 nitrogen and oxygen atoms in total. The summed E-state index contributed by atoms with van der Waals surface area (Å²) in [5.41, 5.74) is 7.36. The molecule has 1 fully saturated rings. The molecule has 20 heavy (non-hydrogen) atoms. The Hall–Kier alpha value is -1.31. The molecule has 7 heteroatoms. The number of sulfonamides is 1. The molecule has 1 saturated heterocycles. The van der Waals surface area contributed by atoms with Crippen LogP contribution in [0.15, 0.2) is 18.2 Å². The smallest absolute Gasteiger partial charge is 0.211 e. The van der Waals surface area contributed by atoms with E-state index in [1.165, 1.54) is 10.6 Å². The summed E-state index contributed by atoms with van der Waals surface area (Å²) in [5, 5.41) is 9.96. The third kappa shape index (κ3) is 3.23. The quantitative estimate of drug-likeness (QED) is 0.848. The first kappa shape index (κ1) is 15.1. The summed E-state index contributed by atoms with van der Waals surface area (Å²) in [6.07, 6.45) is 1.23. The van der Waals surface area contributed by atoms with Gasteiger partial charge in [-0.3, -0.25) is 0 Å². The first-order chi connectivity index (χ1) is 9.29. The predicted molar refractivity (Wildman–Crippen MR) is 79.3 cm³/mol. The van der Waals surface area contributed by atoms with Gasteiger partial charge in [-0.2, -0.15) is 4.31 Å². The molecular weight excluding hydrogens is 278 g/mol. The van der Waals surface area contributed by atoms with E-state index in [0.717, 1.165) is 5.69 Å². The van der Waals surface area contributed by atoms with Crippen LogP contribution in [0, 0.1) is 0 Å². The topological polar surface area (TPSA) is 86.9 Å². The molecule has 1 unspecified atom stereocenters. The van der Waals surface area contributed by atoms with Crippen molar-refractivity contribution in [3.05, 3.63) is 23.8 Å². The number of phenolic OH excluding ortho intramolecular Hbond substituents is 1. The number of piperazine rings is 1. The largest absolute Gasteiger partial charge is 0.508 e. The third-order valence-corrected chi connectivity index (χ3v) is 4.88. The lowest BCUT2D eigenvalue weighted by molar-refractivity contribution is 0.387. The maximum absolute atomic E-state index is 11.5. The van der Waals surface area contributed by atoms with Gasteiger partial charge in [-0.25, -0.2) is 8.42 Å². The van der Waals surface area contributed by atoms with Crippen LogP contribution in [-0.4, -0.2) is 50.3 Å². The second kappa shape index (κ2) is 5.59. The van der Waals surface area contributed by atoms with Crippen LogP contribution in [0.3, 0.4) is 0 Å². The number of anilines is 1. The number of phenols is 1. The lowest BCUT2D eigenvalue weighted by Crippen LogP contribution is -2.48.